The number of nitrogens with one attached hydrogen (secondary N) is 1. The molecule has 1 N–H and O–H groups in total. The van der Waals surface area contributed by atoms with Gasteiger partial charge in [-0.2, -0.15) is 5.10 Å². The molecule has 0 spiro atoms. The van der Waals surface area contributed by atoms with Gasteiger partial charge in [-0.1, -0.05) is 30.3 Å². The third-order valence-corrected chi connectivity index (χ3v) is 6.10. The Morgan fingerprint density at radius 1 is 1.12 bits per heavy atom. The molecule has 4 rings (SSSR count). The van der Waals surface area contributed by atoms with Gasteiger partial charge in [-0.15, -0.1) is 0 Å². The van der Waals surface area contributed by atoms with Crippen molar-refractivity contribution in [3.8, 4) is 0 Å². The number of likely N-dealkylation sites (tertiary alicyclic amines) is 1. The smallest absolute Gasteiger partial charge is 0.274 e. The first-order chi connectivity index (χ1) is 16.0. The van der Waals surface area contributed by atoms with Gasteiger partial charge >= 0.3 is 0 Å². The fourth-order valence-corrected chi connectivity index (χ4v) is 4.33. The van der Waals surface area contributed by atoms with Crippen molar-refractivity contribution in [3.63, 3.8) is 0 Å². The van der Waals surface area contributed by atoms with Gasteiger partial charge in [-0.05, 0) is 31.4 Å². The van der Waals surface area contributed by atoms with Gasteiger partial charge in [0.15, 0.2) is 0 Å². The van der Waals surface area contributed by atoms with Gasteiger partial charge in [0.05, 0.1) is 12.7 Å². The number of aromatic nitrogens is 2. The Bertz CT molecular complexity index is 976. The van der Waals surface area contributed by atoms with E-state index < -0.39 is 0 Å². The molecule has 2 aliphatic rings. The van der Waals surface area contributed by atoms with E-state index in [4.69, 9.17) is 4.74 Å². The lowest BCUT2D eigenvalue weighted by Crippen LogP contribution is -2.40. The molecule has 0 bridgehead atoms. The van der Waals surface area contributed by atoms with Crippen molar-refractivity contribution >= 4 is 17.7 Å². The average Bonchev–Trinajstić information content (AvgIpc) is 3.39. The molecule has 176 valence electrons. The number of H-pyrrole nitrogens is 1. The number of hydrogen-bond donors (Lipinski definition) is 1. The van der Waals surface area contributed by atoms with Crippen LogP contribution in [-0.2, 0) is 20.9 Å². The number of nitrogens with zero attached hydrogens (tertiary/aromatic N) is 4. The minimum Gasteiger partial charge on any atom is -0.370 e. The van der Waals surface area contributed by atoms with E-state index >= 15 is 0 Å². The number of benzene rings is 1. The third-order valence-electron chi connectivity index (χ3n) is 6.10. The second-order valence-electron chi connectivity index (χ2n) is 8.72. The highest BCUT2D eigenvalue weighted by atomic mass is 16.5. The minimum absolute atomic E-state index is 0.0153. The molecule has 3 heterocycles. The summed E-state index contributed by atoms with van der Waals surface area (Å²) in [5.41, 5.74) is 2.12. The van der Waals surface area contributed by atoms with E-state index in [1.807, 2.05) is 42.2 Å². The minimum atomic E-state index is -0.325. The Morgan fingerprint density at radius 2 is 1.91 bits per heavy atom. The molecular formula is C24H31N5O4. The average molecular weight is 454 g/mol. The SMILES string of the molecule is Cc1cc(C(=O)N2CC(=O)N(CCCN3CCCC3=O)C[C@H](OCc3ccccc3)C2)n[nH]1. The molecule has 0 unspecified atom stereocenters. The van der Waals surface area contributed by atoms with Crippen molar-refractivity contribution in [3.05, 3.63) is 53.3 Å². The van der Waals surface area contributed by atoms with E-state index in [1.54, 1.807) is 11.0 Å². The summed E-state index contributed by atoms with van der Waals surface area (Å²) in [7, 11) is 0. The Labute approximate surface area is 193 Å². The maximum Gasteiger partial charge on any atom is 0.274 e. The molecule has 3 amide bonds. The van der Waals surface area contributed by atoms with Gasteiger partial charge in [0.25, 0.3) is 5.91 Å². The fraction of sp³-hybridized carbons (Fsp3) is 0.500. The van der Waals surface area contributed by atoms with Crippen molar-refractivity contribution in [1.82, 2.24) is 24.9 Å². The first-order valence-electron chi connectivity index (χ1n) is 11.5. The number of aryl methyl sites for hydroxylation is 1. The molecule has 9 heteroatoms. The predicted octanol–water partition coefficient (Wildman–Crippen LogP) is 1.60. The van der Waals surface area contributed by atoms with Crippen LogP contribution < -0.4 is 0 Å². The quantitative estimate of drug-likeness (QED) is 0.655. The molecule has 33 heavy (non-hydrogen) atoms. The highest BCUT2D eigenvalue weighted by Crippen LogP contribution is 2.15. The number of amides is 3. The van der Waals surface area contributed by atoms with Crippen LogP contribution in [0, 0.1) is 6.92 Å². The van der Waals surface area contributed by atoms with Crippen LogP contribution in [0.15, 0.2) is 36.4 Å². The van der Waals surface area contributed by atoms with Crippen LogP contribution in [0.3, 0.4) is 0 Å². The third kappa shape index (κ3) is 5.98. The maximum atomic E-state index is 13.0. The lowest BCUT2D eigenvalue weighted by atomic mass is 10.2. The van der Waals surface area contributed by atoms with Crippen molar-refractivity contribution in [1.29, 1.82) is 0 Å². The standard InChI is InChI=1S/C24H31N5O4/c1-18-13-21(26-25-18)24(32)29-15-20(33-17-19-7-3-2-4-8-19)14-28(23(31)16-29)12-6-11-27-10-5-9-22(27)30/h2-4,7-8,13,20H,5-6,9-12,14-17H2,1H3,(H,25,26)/t20-/m0/s1. The van der Waals surface area contributed by atoms with E-state index in [0.29, 0.717) is 51.3 Å². The monoisotopic (exact) mass is 453 g/mol. The molecule has 1 atom stereocenters. The van der Waals surface area contributed by atoms with E-state index in [1.165, 1.54) is 4.90 Å². The van der Waals surface area contributed by atoms with E-state index in [2.05, 4.69) is 10.2 Å². The topological polar surface area (TPSA) is 98.8 Å². The summed E-state index contributed by atoms with van der Waals surface area (Å²) >= 11 is 0. The number of carbonyl (C=O) groups excluding carboxylic acids is 3. The molecule has 1 aromatic heterocycles. The summed E-state index contributed by atoms with van der Waals surface area (Å²) < 4.78 is 6.17. The zero-order valence-corrected chi connectivity index (χ0v) is 19.0. The lowest BCUT2D eigenvalue weighted by Gasteiger charge is -2.25. The van der Waals surface area contributed by atoms with Crippen LogP contribution in [0.5, 0.6) is 0 Å². The molecule has 2 fully saturated rings. The maximum absolute atomic E-state index is 13.0. The summed E-state index contributed by atoms with van der Waals surface area (Å²) in [6, 6.07) is 11.5. The zero-order valence-electron chi connectivity index (χ0n) is 19.0. The molecule has 0 radical (unpaired) electrons. The normalized spacial score (nSPS) is 19.3. The first kappa shape index (κ1) is 23.0. The molecule has 9 nitrogen and oxygen atoms in total. The summed E-state index contributed by atoms with van der Waals surface area (Å²) in [4.78, 5) is 43.1. The number of ether oxygens (including phenoxy) is 1. The summed E-state index contributed by atoms with van der Waals surface area (Å²) in [5.74, 6) is -0.216. The summed E-state index contributed by atoms with van der Waals surface area (Å²) in [5, 5.41) is 6.85. The largest absolute Gasteiger partial charge is 0.370 e. The van der Waals surface area contributed by atoms with E-state index in [-0.39, 0.29) is 30.4 Å². The van der Waals surface area contributed by atoms with Crippen LogP contribution in [0.25, 0.3) is 0 Å². The molecule has 2 aliphatic heterocycles. The highest BCUT2D eigenvalue weighted by molar-refractivity contribution is 5.95. The number of aromatic amines is 1. The van der Waals surface area contributed by atoms with Crippen molar-refractivity contribution < 1.29 is 19.1 Å². The van der Waals surface area contributed by atoms with Gasteiger partial charge in [0, 0.05) is 44.8 Å². The molecule has 2 saturated heterocycles. The number of carbonyl (C=O) groups is 3. The van der Waals surface area contributed by atoms with E-state index in [9.17, 15) is 14.4 Å². The van der Waals surface area contributed by atoms with Crippen molar-refractivity contribution in [2.75, 3.05) is 39.3 Å². The van der Waals surface area contributed by atoms with Crippen LogP contribution in [0.2, 0.25) is 0 Å². The van der Waals surface area contributed by atoms with Crippen molar-refractivity contribution in [2.24, 2.45) is 0 Å². The Kier molecular flexibility index (Phi) is 7.39. The lowest BCUT2D eigenvalue weighted by molar-refractivity contribution is -0.131. The predicted molar refractivity (Wildman–Crippen MR) is 121 cm³/mol. The van der Waals surface area contributed by atoms with Gasteiger partial charge in [-0.3, -0.25) is 19.5 Å². The van der Waals surface area contributed by atoms with Crippen LogP contribution in [-0.4, -0.2) is 88.0 Å². The van der Waals surface area contributed by atoms with E-state index in [0.717, 1.165) is 24.2 Å². The van der Waals surface area contributed by atoms with Crippen LogP contribution in [0.4, 0.5) is 0 Å². The van der Waals surface area contributed by atoms with Gasteiger partial charge in [-0.25, -0.2) is 0 Å². The first-order valence-corrected chi connectivity index (χ1v) is 11.5. The summed E-state index contributed by atoms with van der Waals surface area (Å²) in [6.45, 7) is 4.90. The highest BCUT2D eigenvalue weighted by Gasteiger charge is 2.32. The second kappa shape index (κ2) is 10.6. The van der Waals surface area contributed by atoms with Gasteiger partial charge in [0.1, 0.15) is 12.2 Å². The van der Waals surface area contributed by atoms with Gasteiger partial charge < -0.3 is 19.4 Å². The molecule has 2 aromatic rings. The van der Waals surface area contributed by atoms with Crippen LogP contribution in [0.1, 0.15) is 41.0 Å². The molecule has 1 aromatic carbocycles. The molecule has 0 aliphatic carbocycles. The zero-order chi connectivity index (χ0) is 23.2. The van der Waals surface area contributed by atoms with Crippen molar-refractivity contribution in [2.45, 2.75) is 38.9 Å². The Balaban J connectivity index is 1.43. The fourth-order valence-electron chi connectivity index (χ4n) is 4.33. The number of hydrogen-bond acceptors (Lipinski definition) is 5. The van der Waals surface area contributed by atoms with Crippen LogP contribution >= 0.6 is 0 Å². The summed E-state index contributed by atoms with van der Waals surface area (Å²) in [6.07, 6.45) is 1.90. The number of rotatable bonds is 8. The Hall–Kier alpha value is -3.20. The molecular weight excluding hydrogens is 422 g/mol. The van der Waals surface area contributed by atoms with Gasteiger partial charge in [0.2, 0.25) is 11.8 Å². The Morgan fingerprint density at radius 3 is 2.61 bits per heavy atom. The molecule has 0 saturated carbocycles. The second-order valence-corrected chi connectivity index (χ2v) is 8.72.